The highest BCUT2D eigenvalue weighted by Crippen LogP contribution is 2.47. The van der Waals surface area contributed by atoms with Crippen molar-refractivity contribution in [2.24, 2.45) is 0 Å². The molecule has 0 saturated heterocycles. The Morgan fingerprint density at radius 2 is 1.68 bits per heavy atom. The molecule has 13 heteroatoms. The van der Waals surface area contributed by atoms with E-state index < -0.39 is 22.1 Å². The molecule has 1 unspecified atom stereocenters. The number of aromatic nitrogens is 1. The maximum Gasteiger partial charge on any atom is 0.326 e. The van der Waals surface area contributed by atoms with E-state index in [0.717, 1.165) is 79.6 Å². The summed E-state index contributed by atoms with van der Waals surface area (Å²) in [4.78, 5) is 31.2. The Labute approximate surface area is 377 Å². The average molecular weight is 900 g/mol. The normalized spacial score (nSPS) is 15.8. The lowest BCUT2D eigenvalue weighted by Gasteiger charge is -2.36. The van der Waals surface area contributed by atoms with E-state index in [1.54, 1.807) is 35.2 Å². The SMILES string of the molecule is CCC(=Cc1sc2ccc(-c3ccccc3)cc2[n+]1CCCS(=O)(=O)O)C=C1Sc2ccc(C)cc2N1CCCCNC(=O)c1cccc(N2Cc3ccccc3CC2C(=O)O)c1. The second-order valence-corrected chi connectivity index (χ2v) is 19.7. The van der Waals surface area contributed by atoms with Crippen LogP contribution in [0.25, 0.3) is 27.4 Å². The molecular weight excluding hydrogens is 849 g/mol. The summed E-state index contributed by atoms with van der Waals surface area (Å²) in [6, 6.07) is 37.6. The molecule has 6 aromatic rings. The third kappa shape index (κ3) is 10.4. The smallest absolute Gasteiger partial charge is 0.326 e. The molecule has 0 bridgehead atoms. The number of hydrogen-bond acceptors (Lipinski definition) is 8. The van der Waals surface area contributed by atoms with E-state index >= 15 is 0 Å². The summed E-state index contributed by atoms with van der Waals surface area (Å²) < 4.78 is 36.2. The number of aryl methyl sites for hydroxylation is 2. The van der Waals surface area contributed by atoms with Gasteiger partial charge in [-0.1, -0.05) is 103 Å². The number of hydrogen-bond donors (Lipinski definition) is 3. The Bertz CT molecular complexity index is 2840. The van der Waals surface area contributed by atoms with Crippen molar-refractivity contribution in [2.75, 3.05) is 28.6 Å². The van der Waals surface area contributed by atoms with Crippen molar-refractivity contribution in [3.05, 3.63) is 159 Å². The molecule has 2 aliphatic rings. The predicted octanol–water partition coefficient (Wildman–Crippen LogP) is 9.92. The van der Waals surface area contributed by atoms with Gasteiger partial charge in [-0.2, -0.15) is 13.0 Å². The number of aliphatic carboxylic acids is 1. The molecule has 0 saturated carbocycles. The number of benzene rings is 5. The van der Waals surface area contributed by atoms with Crippen LogP contribution in [0.3, 0.4) is 0 Å². The first-order chi connectivity index (χ1) is 30.4. The molecule has 3 N–H and O–H groups in total. The van der Waals surface area contributed by atoms with Crippen molar-refractivity contribution in [3.63, 3.8) is 0 Å². The molecule has 3 heterocycles. The topological polar surface area (TPSA) is 131 Å². The van der Waals surface area contributed by atoms with Gasteiger partial charge in [-0.05, 0) is 102 Å². The molecule has 324 valence electrons. The van der Waals surface area contributed by atoms with Crippen LogP contribution in [0.5, 0.6) is 0 Å². The van der Waals surface area contributed by atoms with E-state index in [1.165, 1.54) is 10.5 Å². The van der Waals surface area contributed by atoms with Gasteiger partial charge in [0.2, 0.25) is 5.52 Å². The summed E-state index contributed by atoms with van der Waals surface area (Å²) in [6.07, 6.45) is 7.51. The number of carboxylic acids is 1. The van der Waals surface area contributed by atoms with Crippen molar-refractivity contribution in [1.82, 2.24) is 5.32 Å². The number of carboxylic acid groups (broad SMARTS) is 1. The fourth-order valence-electron chi connectivity index (χ4n) is 8.31. The van der Waals surface area contributed by atoms with Gasteiger partial charge >= 0.3 is 5.97 Å². The highest BCUT2D eigenvalue weighted by atomic mass is 32.2. The zero-order chi connectivity index (χ0) is 44.1. The Morgan fingerprint density at radius 1 is 0.889 bits per heavy atom. The number of rotatable bonds is 16. The molecule has 1 atom stereocenters. The second kappa shape index (κ2) is 19.3. The third-order valence-electron chi connectivity index (χ3n) is 11.6. The molecule has 5 aromatic carbocycles. The number of nitrogens with one attached hydrogen (secondary N) is 1. The minimum absolute atomic E-state index is 0.190. The van der Waals surface area contributed by atoms with Crippen LogP contribution >= 0.6 is 23.1 Å². The van der Waals surface area contributed by atoms with Crippen molar-refractivity contribution in [2.45, 2.75) is 70.0 Å². The molecule has 63 heavy (non-hydrogen) atoms. The van der Waals surface area contributed by atoms with Gasteiger partial charge in [-0.25, -0.2) is 4.79 Å². The van der Waals surface area contributed by atoms with Crippen LogP contribution in [0, 0.1) is 6.92 Å². The summed E-state index contributed by atoms with van der Waals surface area (Å²) in [5, 5.41) is 15.3. The van der Waals surface area contributed by atoms with Crippen LogP contribution < -0.4 is 19.7 Å². The Kier molecular flexibility index (Phi) is 13.5. The number of thiazole rings is 1. The molecule has 0 radical (unpaired) electrons. The average Bonchev–Trinajstić information content (AvgIpc) is 3.80. The first-order valence-electron chi connectivity index (χ1n) is 21.3. The van der Waals surface area contributed by atoms with Crippen LogP contribution in [0.15, 0.2) is 137 Å². The van der Waals surface area contributed by atoms with Gasteiger partial charge in [0.15, 0.2) is 6.54 Å². The first kappa shape index (κ1) is 43.9. The Morgan fingerprint density at radius 3 is 2.46 bits per heavy atom. The number of amides is 1. The van der Waals surface area contributed by atoms with Gasteiger partial charge in [-0.15, -0.1) is 0 Å². The summed E-state index contributed by atoms with van der Waals surface area (Å²) in [5.74, 6) is -1.39. The van der Waals surface area contributed by atoms with Crippen LogP contribution in [0.4, 0.5) is 11.4 Å². The molecule has 1 amide bonds. The molecule has 0 fully saturated rings. The van der Waals surface area contributed by atoms with Crippen molar-refractivity contribution < 1.29 is 32.2 Å². The fourth-order valence-corrected chi connectivity index (χ4v) is 11.1. The number of thioether (sulfide) groups is 1. The minimum Gasteiger partial charge on any atom is -0.480 e. The van der Waals surface area contributed by atoms with Gasteiger partial charge in [0.05, 0.1) is 16.5 Å². The standard InChI is InChI=1S/C50H50N4O6S3/c1-3-35(29-48-53(25-12-26-63(58,59)60)43-31-38(20-22-46(43)62-48)36-13-5-4-6-14-36)28-47-52(42-27-34(2)19-21-45(42)61-47)24-10-9-23-51-49(55)39-17-11-18-41(30-39)54-33-40-16-8-7-15-37(40)32-44(54)50(56)57/h4-8,11,13-22,27-31,44H,3,9-10,12,23-26,32-33H2,1-2H3,(H2-,51,55,56,57,58,59,60)/p+1. The molecule has 0 spiro atoms. The number of fused-ring (bicyclic) bond motifs is 3. The van der Waals surface area contributed by atoms with Crippen LogP contribution in [0.2, 0.25) is 0 Å². The molecule has 10 nitrogen and oxygen atoms in total. The van der Waals surface area contributed by atoms with E-state index in [1.807, 2.05) is 59.5 Å². The number of anilines is 2. The molecule has 0 aliphatic carbocycles. The minimum atomic E-state index is -4.10. The summed E-state index contributed by atoms with van der Waals surface area (Å²) in [7, 11) is -4.10. The van der Waals surface area contributed by atoms with E-state index in [9.17, 15) is 27.7 Å². The van der Waals surface area contributed by atoms with Crippen LogP contribution in [0.1, 0.15) is 64.7 Å². The number of carbonyl (C=O) groups is 2. The Hall–Kier alpha value is -5.73. The van der Waals surface area contributed by atoms with E-state index in [2.05, 4.69) is 89.3 Å². The lowest BCUT2D eigenvalue weighted by atomic mass is 9.93. The molecule has 1 aromatic heterocycles. The monoisotopic (exact) mass is 899 g/mol. The van der Waals surface area contributed by atoms with Crippen LogP contribution in [-0.4, -0.2) is 54.8 Å². The second-order valence-electron chi connectivity index (χ2n) is 16.0. The number of carbonyl (C=O) groups excluding carboxylic acids is 1. The summed E-state index contributed by atoms with van der Waals surface area (Å²) >= 11 is 3.42. The van der Waals surface area contributed by atoms with Gasteiger partial charge in [-0.3, -0.25) is 9.35 Å². The maximum atomic E-state index is 13.4. The number of unbranched alkanes of at least 4 members (excludes halogenated alkanes) is 1. The zero-order valence-electron chi connectivity index (χ0n) is 35.4. The lowest BCUT2D eigenvalue weighted by molar-refractivity contribution is -0.668. The van der Waals surface area contributed by atoms with E-state index in [0.29, 0.717) is 37.3 Å². The largest absolute Gasteiger partial charge is 0.480 e. The highest BCUT2D eigenvalue weighted by Gasteiger charge is 2.32. The predicted molar refractivity (Wildman–Crippen MR) is 255 cm³/mol. The Balaban J connectivity index is 0.974. The maximum absolute atomic E-state index is 13.4. The van der Waals surface area contributed by atoms with Gasteiger partial charge < -0.3 is 20.2 Å². The van der Waals surface area contributed by atoms with Gasteiger partial charge in [0.25, 0.3) is 21.0 Å². The van der Waals surface area contributed by atoms with Crippen LogP contribution in [-0.2, 0) is 34.4 Å². The van der Waals surface area contributed by atoms with Crippen molar-refractivity contribution in [1.29, 1.82) is 0 Å². The third-order valence-corrected chi connectivity index (χ3v) is 14.6. The van der Waals surface area contributed by atoms with E-state index in [-0.39, 0.29) is 18.1 Å². The summed E-state index contributed by atoms with van der Waals surface area (Å²) in [5.41, 5.74) is 10.0. The quantitative estimate of drug-likeness (QED) is 0.0494. The van der Waals surface area contributed by atoms with Crippen molar-refractivity contribution >= 4 is 72.8 Å². The first-order valence-corrected chi connectivity index (χ1v) is 24.6. The van der Waals surface area contributed by atoms with E-state index in [4.69, 9.17) is 0 Å². The van der Waals surface area contributed by atoms with Crippen molar-refractivity contribution in [3.8, 4) is 11.1 Å². The zero-order valence-corrected chi connectivity index (χ0v) is 37.8. The molecular formula is C50H51N4O6S3+. The number of allylic oxidation sites excluding steroid dienone is 2. The lowest BCUT2D eigenvalue weighted by Crippen LogP contribution is -2.45. The number of nitrogens with zero attached hydrogens (tertiary/aromatic N) is 3. The molecule has 8 rings (SSSR count). The molecule has 2 aliphatic heterocycles. The highest BCUT2D eigenvalue weighted by molar-refractivity contribution is 8.03. The summed E-state index contributed by atoms with van der Waals surface area (Å²) in [6.45, 7) is 6.39. The fraction of sp³-hybridized carbons (Fsp3) is 0.260. The van der Waals surface area contributed by atoms with Gasteiger partial charge in [0.1, 0.15) is 10.7 Å². The van der Waals surface area contributed by atoms with Gasteiger partial charge in [0, 0.05) is 60.8 Å².